The molecule has 0 spiro atoms. The van der Waals surface area contributed by atoms with Crippen molar-refractivity contribution in [3.63, 3.8) is 0 Å². The van der Waals surface area contributed by atoms with Gasteiger partial charge in [0.2, 0.25) is 0 Å². The van der Waals surface area contributed by atoms with Crippen LogP contribution in [0.2, 0.25) is 0 Å². The molecular formula is C19H21FN2O. The summed E-state index contributed by atoms with van der Waals surface area (Å²) in [6.45, 7) is 1.09. The molecule has 0 bridgehead atoms. The summed E-state index contributed by atoms with van der Waals surface area (Å²) < 4.78 is 13.3. The van der Waals surface area contributed by atoms with E-state index in [1.165, 1.54) is 12.1 Å². The fraction of sp³-hybridized carbons (Fsp3) is 0.316. The van der Waals surface area contributed by atoms with Crippen molar-refractivity contribution in [2.45, 2.75) is 31.8 Å². The summed E-state index contributed by atoms with van der Waals surface area (Å²) in [6.07, 6.45) is 2.77. The molecule has 2 aromatic carbocycles. The van der Waals surface area contributed by atoms with Gasteiger partial charge >= 0.3 is 0 Å². The van der Waals surface area contributed by atoms with Crippen LogP contribution in [0.15, 0.2) is 48.5 Å². The molecule has 0 aromatic heterocycles. The Morgan fingerprint density at radius 2 is 1.87 bits per heavy atom. The lowest BCUT2D eigenvalue weighted by Gasteiger charge is -2.22. The molecule has 0 radical (unpaired) electrons. The summed E-state index contributed by atoms with van der Waals surface area (Å²) in [7, 11) is 0. The molecule has 120 valence electrons. The van der Waals surface area contributed by atoms with E-state index in [0.717, 1.165) is 24.0 Å². The summed E-state index contributed by atoms with van der Waals surface area (Å²) in [4.78, 5) is 14.7. The summed E-state index contributed by atoms with van der Waals surface area (Å²) in [6, 6.07) is 14.4. The van der Waals surface area contributed by atoms with Gasteiger partial charge in [0, 0.05) is 24.7 Å². The zero-order valence-corrected chi connectivity index (χ0v) is 13.0. The zero-order chi connectivity index (χ0) is 16.2. The van der Waals surface area contributed by atoms with Crippen molar-refractivity contribution in [2.75, 3.05) is 6.54 Å². The second kappa shape index (κ2) is 6.92. The van der Waals surface area contributed by atoms with Crippen LogP contribution in [-0.2, 0) is 13.0 Å². The second-order valence-electron chi connectivity index (χ2n) is 6.01. The third-order valence-electron chi connectivity index (χ3n) is 4.22. The van der Waals surface area contributed by atoms with Gasteiger partial charge in [0.1, 0.15) is 5.82 Å². The molecule has 2 aromatic rings. The Labute approximate surface area is 135 Å². The van der Waals surface area contributed by atoms with Gasteiger partial charge in [-0.1, -0.05) is 24.3 Å². The molecule has 23 heavy (non-hydrogen) atoms. The van der Waals surface area contributed by atoms with Gasteiger partial charge in [0.15, 0.2) is 0 Å². The Hall–Kier alpha value is -2.20. The van der Waals surface area contributed by atoms with Crippen LogP contribution in [0.25, 0.3) is 0 Å². The maximum Gasteiger partial charge on any atom is 0.254 e. The van der Waals surface area contributed by atoms with Gasteiger partial charge in [0.05, 0.1) is 0 Å². The lowest BCUT2D eigenvalue weighted by molar-refractivity contribution is 0.0745. The average molecular weight is 312 g/mol. The lowest BCUT2D eigenvalue weighted by Crippen LogP contribution is -2.35. The molecule has 0 unspecified atom stereocenters. The van der Waals surface area contributed by atoms with Crippen molar-refractivity contribution in [2.24, 2.45) is 5.73 Å². The lowest BCUT2D eigenvalue weighted by atomic mass is 10.1. The summed E-state index contributed by atoms with van der Waals surface area (Å²) in [5, 5.41) is 0. The monoisotopic (exact) mass is 312 g/mol. The van der Waals surface area contributed by atoms with Gasteiger partial charge in [-0.15, -0.1) is 0 Å². The van der Waals surface area contributed by atoms with E-state index in [1.54, 1.807) is 6.07 Å². The molecule has 0 heterocycles. The van der Waals surface area contributed by atoms with Crippen LogP contribution in [-0.4, -0.2) is 23.4 Å². The number of nitrogens with two attached hydrogens (primary N) is 1. The van der Waals surface area contributed by atoms with Crippen LogP contribution in [0, 0.1) is 5.82 Å². The predicted molar refractivity (Wildman–Crippen MR) is 88.5 cm³/mol. The molecule has 1 aliphatic carbocycles. The number of rotatable bonds is 6. The van der Waals surface area contributed by atoms with Gasteiger partial charge in [-0.2, -0.15) is 0 Å². The molecular weight excluding hydrogens is 291 g/mol. The predicted octanol–water partition coefficient (Wildman–Crippen LogP) is 3.13. The van der Waals surface area contributed by atoms with Crippen LogP contribution in [0.4, 0.5) is 4.39 Å². The Morgan fingerprint density at radius 3 is 2.48 bits per heavy atom. The van der Waals surface area contributed by atoms with E-state index >= 15 is 0 Å². The first-order valence-electron chi connectivity index (χ1n) is 8.02. The van der Waals surface area contributed by atoms with Crippen LogP contribution in [0.5, 0.6) is 0 Å². The van der Waals surface area contributed by atoms with Crippen molar-refractivity contribution in [1.29, 1.82) is 0 Å². The maximum atomic E-state index is 13.3. The molecule has 0 saturated heterocycles. The molecule has 4 heteroatoms. The minimum Gasteiger partial charge on any atom is -0.335 e. The third-order valence-corrected chi connectivity index (χ3v) is 4.22. The van der Waals surface area contributed by atoms with Crippen molar-refractivity contribution >= 4 is 5.91 Å². The highest BCUT2D eigenvalue weighted by Crippen LogP contribution is 2.28. The largest absolute Gasteiger partial charge is 0.335 e. The molecule has 2 N–H and O–H groups in total. The molecule has 3 rings (SSSR count). The molecule has 3 nitrogen and oxygen atoms in total. The normalized spacial score (nSPS) is 13.8. The quantitative estimate of drug-likeness (QED) is 0.891. The average Bonchev–Trinajstić information content (AvgIpc) is 3.40. The topological polar surface area (TPSA) is 46.3 Å². The highest BCUT2D eigenvalue weighted by molar-refractivity contribution is 5.94. The summed E-state index contributed by atoms with van der Waals surface area (Å²) >= 11 is 0. The minimum atomic E-state index is -0.232. The first-order valence-corrected chi connectivity index (χ1v) is 8.02. The standard InChI is InChI=1S/C19H21FN2O/c20-17-3-1-2-14(12-17)10-11-22(18-8-9-18)19(23)16-6-4-15(13-21)5-7-16/h1-7,12,18H,8-11,13,21H2. The van der Waals surface area contributed by atoms with E-state index in [-0.39, 0.29) is 11.7 Å². The van der Waals surface area contributed by atoms with E-state index in [2.05, 4.69) is 0 Å². The number of hydrogen-bond donors (Lipinski definition) is 1. The van der Waals surface area contributed by atoms with E-state index in [9.17, 15) is 9.18 Å². The van der Waals surface area contributed by atoms with Gasteiger partial charge < -0.3 is 10.6 Å². The molecule has 0 aliphatic heterocycles. The molecule has 1 aliphatic rings. The van der Waals surface area contributed by atoms with E-state index in [0.29, 0.717) is 31.1 Å². The van der Waals surface area contributed by atoms with Crippen molar-refractivity contribution < 1.29 is 9.18 Å². The van der Waals surface area contributed by atoms with Crippen molar-refractivity contribution in [3.8, 4) is 0 Å². The van der Waals surface area contributed by atoms with Gasteiger partial charge in [-0.05, 0) is 54.7 Å². The van der Waals surface area contributed by atoms with Crippen LogP contribution >= 0.6 is 0 Å². The molecule has 0 atom stereocenters. The molecule has 1 amide bonds. The zero-order valence-electron chi connectivity index (χ0n) is 13.0. The van der Waals surface area contributed by atoms with Crippen molar-refractivity contribution in [3.05, 3.63) is 71.0 Å². The van der Waals surface area contributed by atoms with Crippen LogP contribution in [0.3, 0.4) is 0 Å². The first kappa shape index (κ1) is 15.7. The van der Waals surface area contributed by atoms with Crippen LogP contribution < -0.4 is 5.73 Å². The highest BCUT2D eigenvalue weighted by Gasteiger charge is 2.32. The maximum absolute atomic E-state index is 13.3. The Kier molecular flexibility index (Phi) is 4.72. The second-order valence-corrected chi connectivity index (χ2v) is 6.01. The smallest absolute Gasteiger partial charge is 0.254 e. The number of hydrogen-bond acceptors (Lipinski definition) is 2. The number of carbonyl (C=O) groups is 1. The van der Waals surface area contributed by atoms with Crippen LogP contribution in [0.1, 0.15) is 34.3 Å². The van der Waals surface area contributed by atoms with E-state index < -0.39 is 0 Å². The number of nitrogens with zero attached hydrogens (tertiary/aromatic N) is 1. The van der Waals surface area contributed by atoms with E-state index in [4.69, 9.17) is 5.73 Å². The van der Waals surface area contributed by atoms with Gasteiger partial charge in [-0.25, -0.2) is 4.39 Å². The van der Waals surface area contributed by atoms with E-state index in [1.807, 2.05) is 35.2 Å². The van der Waals surface area contributed by atoms with Crippen molar-refractivity contribution in [1.82, 2.24) is 4.90 Å². The summed E-state index contributed by atoms with van der Waals surface area (Å²) in [5.74, 6) is -0.184. The molecule has 1 fully saturated rings. The summed E-state index contributed by atoms with van der Waals surface area (Å²) in [5.41, 5.74) is 8.21. The number of carbonyl (C=O) groups excluding carboxylic acids is 1. The third kappa shape index (κ3) is 3.96. The SMILES string of the molecule is NCc1ccc(C(=O)N(CCc2cccc(F)c2)C2CC2)cc1. The minimum absolute atomic E-state index is 0.0486. The Morgan fingerprint density at radius 1 is 1.13 bits per heavy atom. The number of halogens is 1. The number of benzene rings is 2. The fourth-order valence-electron chi connectivity index (χ4n) is 2.73. The molecule has 1 saturated carbocycles. The van der Waals surface area contributed by atoms with Gasteiger partial charge in [0.25, 0.3) is 5.91 Å². The Balaban J connectivity index is 1.69. The number of amides is 1. The fourth-order valence-corrected chi connectivity index (χ4v) is 2.73. The Bertz CT molecular complexity index is 680. The highest BCUT2D eigenvalue weighted by atomic mass is 19.1. The first-order chi connectivity index (χ1) is 11.2. The van der Waals surface area contributed by atoms with Gasteiger partial charge in [-0.3, -0.25) is 4.79 Å².